The number of carbonyl (C=O) groups is 1. The predicted molar refractivity (Wildman–Crippen MR) is 123 cm³/mol. The summed E-state index contributed by atoms with van der Waals surface area (Å²) < 4.78 is 1.79. The molecule has 2 aliphatic rings. The molecule has 0 spiro atoms. The van der Waals surface area contributed by atoms with Crippen LogP contribution in [-0.4, -0.2) is 51.0 Å². The van der Waals surface area contributed by atoms with Crippen LogP contribution in [0, 0.1) is 6.92 Å². The van der Waals surface area contributed by atoms with Gasteiger partial charge in [0.05, 0.1) is 11.7 Å². The van der Waals surface area contributed by atoms with E-state index >= 15 is 0 Å². The fourth-order valence-electron chi connectivity index (χ4n) is 4.47. The molecule has 0 aliphatic carbocycles. The largest absolute Gasteiger partial charge is 0.347 e. The number of hydrazine groups is 1. The average Bonchev–Trinajstić information content (AvgIpc) is 3.37. The van der Waals surface area contributed by atoms with E-state index in [1.54, 1.807) is 10.6 Å². The summed E-state index contributed by atoms with van der Waals surface area (Å²) in [5, 5.41) is 8.74. The molecule has 3 aromatic rings. The summed E-state index contributed by atoms with van der Waals surface area (Å²) in [6.07, 6.45) is 7.59. The number of piperazine rings is 1. The van der Waals surface area contributed by atoms with Crippen molar-refractivity contribution < 1.29 is 4.79 Å². The third kappa shape index (κ3) is 4.11. The summed E-state index contributed by atoms with van der Waals surface area (Å²) in [6, 6.07) is 8.74. The van der Waals surface area contributed by atoms with Crippen LogP contribution in [0.2, 0.25) is 0 Å². The Morgan fingerprint density at radius 3 is 3.03 bits per heavy atom. The number of hydrogen-bond acceptors (Lipinski definition) is 6. The summed E-state index contributed by atoms with van der Waals surface area (Å²) in [5.41, 5.74) is 9.57. The van der Waals surface area contributed by atoms with Crippen molar-refractivity contribution in [2.24, 2.45) is 0 Å². The van der Waals surface area contributed by atoms with Crippen molar-refractivity contribution in [1.82, 2.24) is 35.4 Å². The highest BCUT2D eigenvalue weighted by molar-refractivity contribution is 5.94. The number of hydrogen-bond donors (Lipinski definition) is 3. The van der Waals surface area contributed by atoms with Gasteiger partial charge in [0.1, 0.15) is 5.69 Å². The Bertz CT molecular complexity index is 1180. The monoisotopic (exact) mass is 431 g/mol. The molecule has 1 saturated heterocycles. The highest BCUT2D eigenvalue weighted by Gasteiger charge is 2.24. The fourth-order valence-corrected chi connectivity index (χ4v) is 4.47. The molecule has 1 aromatic carbocycles. The summed E-state index contributed by atoms with van der Waals surface area (Å²) in [5.74, 6) is 0.433. The maximum absolute atomic E-state index is 13.1. The molecule has 8 heteroatoms. The number of imidazole rings is 1. The number of rotatable bonds is 6. The van der Waals surface area contributed by atoms with Crippen LogP contribution in [-0.2, 0) is 19.4 Å². The average molecular weight is 432 g/mol. The SMILES string of the molecule is CCc1nc2ncc(C)cn2c1C(=O)NCc1cccc(CC2C=C3CNCCN3N2)c1. The van der Waals surface area contributed by atoms with Crippen LogP contribution in [0.1, 0.15) is 39.8 Å². The molecule has 4 heterocycles. The Kier molecular flexibility index (Phi) is 5.63. The Morgan fingerprint density at radius 2 is 2.19 bits per heavy atom. The Labute approximate surface area is 187 Å². The fraction of sp³-hybridized carbons (Fsp3) is 0.375. The van der Waals surface area contributed by atoms with Gasteiger partial charge < -0.3 is 15.6 Å². The van der Waals surface area contributed by atoms with Crippen LogP contribution in [0.15, 0.2) is 48.4 Å². The van der Waals surface area contributed by atoms with Crippen LogP contribution >= 0.6 is 0 Å². The molecular weight excluding hydrogens is 402 g/mol. The van der Waals surface area contributed by atoms with Crippen LogP contribution in [0.4, 0.5) is 0 Å². The van der Waals surface area contributed by atoms with E-state index in [4.69, 9.17) is 0 Å². The molecule has 0 radical (unpaired) electrons. The first kappa shape index (κ1) is 20.7. The van der Waals surface area contributed by atoms with Crippen molar-refractivity contribution in [3.63, 3.8) is 0 Å². The molecule has 2 aliphatic heterocycles. The van der Waals surface area contributed by atoms with Gasteiger partial charge in [-0.1, -0.05) is 31.2 Å². The van der Waals surface area contributed by atoms with E-state index in [0.29, 0.717) is 30.5 Å². The van der Waals surface area contributed by atoms with Gasteiger partial charge in [-0.05, 0) is 42.5 Å². The van der Waals surface area contributed by atoms with Gasteiger partial charge in [0.2, 0.25) is 5.78 Å². The minimum Gasteiger partial charge on any atom is -0.347 e. The van der Waals surface area contributed by atoms with Crippen molar-refractivity contribution in [2.75, 3.05) is 19.6 Å². The number of amides is 1. The van der Waals surface area contributed by atoms with Gasteiger partial charge in [-0.2, -0.15) is 0 Å². The number of benzene rings is 1. The highest BCUT2D eigenvalue weighted by Crippen LogP contribution is 2.18. The zero-order valence-corrected chi connectivity index (χ0v) is 18.6. The maximum Gasteiger partial charge on any atom is 0.270 e. The molecule has 1 unspecified atom stereocenters. The molecule has 2 aromatic heterocycles. The van der Waals surface area contributed by atoms with Gasteiger partial charge in [-0.25, -0.2) is 15.4 Å². The van der Waals surface area contributed by atoms with Crippen LogP contribution < -0.4 is 16.1 Å². The predicted octanol–water partition coefficient (Wildman–Crippen LogP) is 1.75. The van der Waals surface area contributed by atoms with Gasteiger partial charge in [0.15, 0.2) is 0 Å². The normalized spacial score (nSPS) is 18.0. The Balaban J connectivity index is 1.27. The minimum atomic E-state index is -0.126. The zero-order valence-electron chi connectivity index (χ0n) is 18.6. The molecule has 1 amide bonds. The van der Waals surface area contributed by atoms with Crippen molar-refractivity contribution in [1.29, 1.82) is 0 Å². The Morgan fingerprint density at radius 1 is 1.31 bits per heavy atom. The number of carbonyl (C=O) groups excluding carboxylic acids is 1. The lowest BCUT2D eigenvalue weighted by molar-refractivity contribution is 0.0944. The molecule has 3 N–H and O–H groups in total. The molecule has 0 bridgehead atoms. The third-order valence-corrected chi connectivity index (χ3v) is 6.01. The standard InChI is InChI=1S/C24H29N7O/c1-3-21-22(30-15-16(2)12-27-24(30)28-21)23(32)26-13-18-6-4-5-17(9-18)10-19-11-20-14-25-7-8-31(20)29-19/h4-6,9,11-12,15,19,25,29H,3,7-8,10,13-14H2,1-2H3,(H,26,32). The second-order valence-electron chi connectivity index (χ2n) is 8.49. The van der Waals surface area contributed by atoms with Crippen LogP contribution in [0.5, 0.6) is 0 Å². The van der Waals surface area contributed by atoms with E-state index in [0.717, 1.165) is 42.9 Å². The Hall–Kier alpha value is -3.23. The molecule has 8 nitrogen and oxygen atoms in total. The molecule has 1 atom stereocenters. The van der Waals surface area contributed by atoms with E-state index in [2.05, 4.69) is 61.4 Å². The van der Waals surface area contributed by atoms with E-state index in [-0.39, 0.29) is 5.91 Å². The number of aromatic nitrogens is 3. The van der Waals surface area contributed by atoms with Gasteiger partial charge in [-0.3, -0.25) is 9.20 Å². The third-order valence-electron chi connectivity index (χ3n) is 6.01. The lowest BCUT2D eigenvalue weighted by atomic mass is 10.0. The molecule has 166 valence electrons. The van der Waals surface area contributed by atoms with Crippen LogP contribution in [0.25, 0.3) is 5.78 Å². The number of nitrogens with zero attached hydrogens (tertiary/aromatic N) is 4. The van der Waals surface area contributed by atoms with Crippen LogP contribution in [0.3, 0.4) is 0 Å². The summed E-state index contributed by atoms with van der Waals surface area (Å²) >= 11 is 0. The van der Waals surface area contributed by atoms with Crippen molar-refractivity contribution in [3.8, 4) is 0 Å². The summed E-state index contributed by atoms with van der Waals surface area (Å²) in [7, 11) is 0. The maximum atomic E-state index is 13.1. The van der Waals surface area contributed by atoms with Gasteiger partial charge >= 0.3 is 0 Å². The second kappa shape index (κ2) is 8.72. The summed E-state index contributed by atoms with van der Waals surface area (Å²) in [6.45, 7) is 7.36. The van der Waals surface area contributed by atoms with Gasteiger partial charge in [-0.15, -0.1) is 0 Å². The highest BCUT2D eigenvalue weighted by atomic mass is 16.1. The first-order valence-electron chi connectivity index (χ1n) is 11.3. The topological polar surface area (TPSA) is 86.6 Å². The zero-order chi connectivity index (χ0) is 22.1. The van der Waals surface area contributed by atoms with E-state index < -0.39 is 0 Å². The second-order valence-corrected chi connectivity index (χ2v) is 8.49. The van der Waals surface area contributed by atoms with Gasteiger partial charge in [0, 0.05) is 44.3 Å². The number of fused-ring (bicyclic) bond motifs is 2. The van der Waals surface area contributed by atoms with Crippen molar-refractivity contribution in [3.05, 3.63) is 76.5 Å². The molecule has 1 fully saturated rings. The van der Waals surface area contributed by atoms with Gasteiger partial charge in [0.25, 0.3) is 5.91 Å². The molecule has 5 rings (SSSR count). The number of nitrogens with one attached hydrogen (secondary N) is 3. The molecule has 32 heavy (non-hydrogen) atoms. The first-order chi connectivity index (χ1) is 15.6. The quantitative estimate of drug-likeness (QED) is 0.551. The minimum absolute atomic E-state index is 0.126. The molecular formula is C24H29N7O. The summed E-state index contributed by atoms with van der Waals surface area (Å²) in [4.78, 5) is 21.9. The van der Waals surface area contributed by atoms with Crippen molar-refractivity contribution >= 4 is 11.7 Å². The smallest absolute Gasteiger partial charge is 0.270 e. The molecule has 0 saturated carbocycles. The lowest BCUT2D eigenvalue weighted by Gasteiger charge is -2.28. The van der Waals surface area contributed by atoms with Crippen molar-refractivity contribution in [2.45, 2.75) is 39.3 Å². The van der Waals surface area contributed by atoms with E-state index in [1.807, 2.05) is 20.0 Å². The number of aryl methyl sites for hydroxylation is 2. The lowest BCUT2D eigenvalue weighted by Crippen LogP contribution is -2.47. The first-order valence-corrected chi connectivity index (χ1v) is 11.3. The van der Waals surface area contributed by atoms with E-state index in [1.165, 1.54) is 11.3 Å². The van der Waals surface area contributed by atoms with E-state index in [9.17, 15) is 4.79 Å².